The fraction of sp³-hybridized carbons (Fsp3) is 0.667. The Morgan fingerprint density at radius 1 is 1.67 bits per heavy atom. The van der Waals surface area contributed by atoms with E-state index in [1.54, 1.807) is 19.9 Å². The second-order valence-electron chi connectivity index (χ2n) is 3.21. The van der Waals surface area contributed by atoms with Crippen LogP contribution >= 0.6 is 0 Å². The average molecular weight is 171 g/mol. The van der Waals surface area contributed by atoms with Gasteiger partial charge in [-0.15, -0.1) is 6.58 Å². The highest BCUT2D eigenvalue weighted by atomic mass is 16.5. The standard InChI is InChI=1S/C9H17NO2/c1-6-7(2)10-8(11)9(3,4)12-5/h6-7H,1H2,2-5H3,(H,10,11). The maximum Gasteiger partial charge on any atom is 0.252 e. The molecule has 0 aliphatic carbocycles. The molecule has 0 aliphatic heterocycles. The lowest BCUT2D eigenvalue weighted by molar-refractivity contribution is -0.139. The summed E-state index contributed by atoms with van der Waals surface area (Å²) in [6.45, 7) is 8.86. The van der Waals surface area contributed by atoms with Crippen LogP contribution in [0.15, 0.2) is 12.7 Å². The zero-order valence-electron chi connectivity index (χ0n) is 8.18. The molecule has 1 N–H and O–H groups in total. The quantitative estimate of drug-likeness (QED) is 0.643. The molecule has 0 radical (unpaired) electrons. The summed E-state index contributed by atoms with van der Waals surface area (Å²) < 4.78 is 5.00. The molecule has 0 aromatic carbocycles. The van der Waals surface area contributed by atoms with Gasteiger partial charge in [-0.2, -0.15) is 0 Å². The van der Waals surface area contributed by atoms with E-state index in [9.17, 15) is 4.79 Å². The second-order valence-corrected chi connectivity index (χ2v) is 3.21. The minimum absolute atomic E-state index is 0.0214. The molecular weight excluding hydrogens is 154 g/mol. The molecule has 0 saturated carbocycles. The topological polar surface area (TPSA) is 38.3 Å². The first-order chi connectivity index (χ1) is 5.44. The summed E-state index contributed by atoms with van der Waals surface area (Å²) in [5, 5.41) is 2.74. The highest BCUT2D eigenvalue weighted by molar-refractivity contribution is 5.84. The third-order valence-corrected chi connectivity index (χ3v) is 1.77. The molecule has 12 heavy (non-hydrogen) atoms. The number of nitrogens with one attached hydrogen (secondary N) is 1. The Morgan fingerprint density at radius 3 is 2.50 bits per heavy atom. The summed E-state index contributed by atoms with van der Waals surface area (Å²) in [5.41, 5.74) is -0.767. The van der Waals surface area contributed by atoms with E-state index in [1.165, 1.54) is 7.11 Å². The van der Waals surface area contributed by atoms with Crippen molar-refractivity contribution in [3.63, 3.8) is 0 Å². The van der Waals surface area contributed by atoms with Crippen LogP contribution in [0.2, 0.25) is 0 Å². The van der Waals surface area contributed by atoms with Gasteiger partial charge in [0.2, 0.25) is 0 Å². The molecule has 1 unspecified atom stereocenters. The van der Waals surface area contributed by atoms with Crippen LogP contribution in [-0.2, 0) is 9.53 Å². The molecule has 0 bridgehead atoms. The van der Waals surface area contributed by atoms with Crippen LogP contribution in [0.5, 0.6) is 0 Å². The maximum absolute atomic E-state index is 11.4. The van der Waals surface area contributed by atoms with Crippen molar-refractivity contribution in [2.45, 2.75) is 32.4 Å². The van der Waals surface area contributed by atoms with Gasteiger partial charge in [0, 0.05) is 13.2 Å². The Labute approximate surface area is 73.8 Å². The zero-order chi connectivity index (χ0) is 9.78. The highest BCUT2D eigenvalue weighted by Gasteiger charge is 2.27. The Balaban J connectivity index is 4.12. The molecule has 3 nitrogen and oxygen atoms in total. The van der Waals surface area contributed by atoms with E-state index in [0.29, 0.717) is 0 Å². The molecule has 0 saturated heterocycles. The average Bonchev–Trinajstić information content (AvgIpc) is 2.04. The summed E-state index contributed by atoms with van der Waals surface area (Å²) in [6.07, 6.45) is 1.67. The highest BCUT2D eigenvalue weighted by Crippen LogP contribution is 2.07. The molecule has 0 heterocycles. The third kappa shape index (κ3) is 3.05. The van der Waals surface area contributed by atoms with Crippen molar-refractivity contribution in [2.24, 2.45) is 0 Å². The summed E-state index contributed by atoms with van der Waals surface area (Å²) in [5.74, 6) is -0.127. The SMILES string of the molecule is C=CC(C)NC(=O)C(C)(C)OC. The Kier molecular flexibility index (Phi) is 3.96. The van der Waals surface area contributed by atoms with Gasteiger partial charge in [0.25, 0.3) is 5.91 Å². The van der Waals surface area contributed by atoms with Gasteiger partial charge in [0.1, 0.15) is 5.60 Å². The Morgan fingerprint density at radius 2 is 2.17 bits per heavy atom. The van der Waals surface area contributed by atoms with Gasteiger partial charge in [0.15, 0.2) is 0 Å². The molecule has 0 aromatic heterocycles. The number of ether oxygens (including phenoxy) is 1. The second kappa shape index (κ2) is 4.26. The molecular formula is C9H17NO2. The van der Waals surface area contributed by atoms with Crippen LogP contribution in [0, 0.1) is 0 Å². The van der Waals surface area contributed by atoms with E-state index < -0.39 is 5.60 Å². The molecule has 0 fully saturated rings. The van der Waals surface area contributed by atoms with Gasteiger partial charge in [-0.05, 0) is 20.8 Å². The summed E-state index contributed by atoms with van der Waals surface area (Å²) in [4.78, 5) is 11.4. The van der Waals surface area contributed by atoms with E-state index >= 15 is 0 Å². The van der Waals surface area contributed by atoms with Crippen LogP contribution in [-0.4, -0.2) is 24.7 Å². The van der Waals surface area contributed by atoms with Crippen LogP contribution in [0.1, 0.15) is 20.8 Å². The van der Waals surface area contributed by atoms with Crippen LogP contribution < -0.4 is 5.32 Å². The monoisotopic (exact) mass is 171 g/mol. The van der Waals surface area contributed by atoms with Crippen molar-refractivity contribution in [3.05, 3.63) is 12.7 Å². The number of carbonyl (C=O) groups is 1. The third-order valence-electron chi connectivity index (χ3n) is 1.77. The van der Waals surface area contributed by atoms with Crippen molar-refractivity contribution in [2.75, 3.05) is 7.11 Å². The normalized spacial score (nSPS) is 13.7. The Bertz CT molecular complexity index is 175. The largest absolute Gasteiger partial charge is 0.369 e. The lowest BCUT2D eigenvalue weighted by Crippen LogP contribution is -2.46. The molecule has 0 aliphatic rings. The van der Waals surface area contributed by atoms with E-state index in [2.05, 4.69) is 11.9 Å². The number of methoxy groups -OCH3 is 1. The zero-order valence-corrected chi connectivity index (χ0v) is 8.18. The van der Waals surface area contributed by atoms with Crippen LogP contribution in [0.3, 0.4) is 0 Å². The summed E-state index contributed by atoms with van der Waals surface area (Å²) in [7, 11) is 1.51. The van der Waals surface area contributed by atoms with Gasteiger partial charge < -0.3 is 10.1 Å². The Hall–Kier alpha value is -0.830. The number of carbonyl (C=O) groups excluding carboxylic acids is 1. The molecule has 0 aromatic rings. The number of hydrogen-bond acceptors (Lipinski definition) is 2. The van der Waals surface area contributed by atoms with Crippen molar-refractivity contribution in [1.29, 1.82) is 0 Å². The van der Waals surface area contributed by atoms with E-state index in [4.69, 9.17) is 4.74 Å². The minimum Gasteiger partial charge on any atom is -0.369 e. The van der Waals surface area contributed by atoms with Gasteiger partial charge >= 0.3 is 0 Å². The minimum atomic E-state index is -0.767. The van der Waals surface area contributed by atoms with Crippen molar-refractivity contribution in [3.8, 4) is 0 Å². The van der Waals surface area contributed by atoms with E-state index in [1.807, 2.05) is 6.92 Å². The molecule has 1 atom stereocenters. The first-order valence-corrected chi connectivity index (χ1v) is 3.92. The molecule has 1 amide bonds. The fourth-order valence-corrected chi connectivity index (χ4v) is 0.532. The smallest absolute Gasteiger partial charge is 0.252 e. The summed E-state index contributed by atoms with van der Waals surface area (Å²) in [6, 6.07) is -0.0214. The number of hydrogen-bond donors (Lipinski definition) is 1. The molecule has 3 heteroatoms. The lowest BCUT2D eigenvalue weighted by atomic mass is 10.1. The summed E-state index contributed by atoms with van der Waals surface area (Å²) >= 11 is 0. The number of rotatable bonds is 4. The first kappa shape index (κ1) is 11.2. The first-order valence-electron chi connectivity index (χ1n) is 3.92. The van der Waals surface area contributed by atoms with E-state index in [0.717, 1.165) is 0 Å². The molecule has 0 rings (SSSR count). The maximum atomic E-state index is 11.4. The van der Waals surface area contributed by atoms with Gasteiger partial charge in [-0.1, -0.05) is 6.08 Å². The molecule has 70 valence electrons. The van der Waals surface area contributed by atoms with Crippen LogP contribution in [0.25, 0.3) is 0 Å². The van der Waals surface area contributed by atoms with E-state index in [-0.39, 0.29) is 11.9 Å². The predicted molar refractivity (Wildman–Crippen MR) is 48.9 cm³/mol. The van der Waals surface area contributed by atoms with Crippen molar-refractivity contribution >= 4 is 5.91 Å². The number of amides is 1. The van der Waals surface area contributed by atoms with Gasteiger partial charge in [-0.3, -0.25) is 4.79 Å². The van der Waals surface area contributed by atoms with Crippen molar-refractivity contribution in [1.82, 2.24) is 5.32 Å². The predicted octanol–water partition coefficient (Wildman–Crippen LogP) is 1.10. The fourth-order valence-electron chi connectivity index (χ4n) is 0.532. The van der Waals surface area contributed by atoms with Gasteiger partial charge in [-0.25, -0.2) is 0 Å². The van der Waals surface area contributed by atoms with Crippen LogP contribution in [0.4, 0.5) is 0 Å². The lowest BCUT2D eigenvalue weighted by Gasteiger charge is -2.23. The van der Waals surface area contributed by atoms with Gasteiger partial charge in [0.05, 0.1) is 0 Å². The van der Waals surface area contributed by atoms with Crippen molar-refractivity contribution < 1.29 is 9.53 Å². The molecule has 0 spiro atoms.